The summed E-state index contributed by atoms with van der Waals surface area (Å²) in [6.07, 6.45) is -3.81. The number of hydrogen-bond acceptors (Lipinski definition) is 3. The molecule has 1 aromatic carbocycles. The van der Waals surface area contributed by atoms with Crippen LogP contribution in [0.15, 0.2) is 24.3 Å². The quantitative estimate of drug-likeness (QED) is 0.878. The van der Waals surface area contributed by atoms with Crippen LogP contribution in [0.3, 0.4) is 0 Å². The van der Waals surface area contributed by atoms with Crippen LogP contribution >= 0.6 is 0 Å². The highest BCUT2D eigenvalue weighted by atomic mass is 19.4. The number of alkyl halides is 3. The van der Waals surface area contributed by atoms with Gasteiger partial charge in [-0.3, -0.25) is 4.79 Å². The second-order valence-electron chi connectivity index (χ2n) is 5.35. The van der Waals surface area contributed by atoms with Crippen molar-refractivity contribution in [3.63, 3.8) is 0 Å². The Morgan fingerprint density at radius 3 is 2.57 bits per heavy atom. The standard InChI is InChI=1S/C14H15F3N2O2/c15-14(16,17)21-9-3-1-8(2-4-9)12-10-5-6-18-13(20)11(10)7-19-12/h1-4,10-12,19H,5-7H2,(H,18,20). The van der Waals surface area contributed by atoms with E-state index in [1.807, 2.05) is 0 Å². The molecule has 1 amide bonds. The van der Waals surface area contributed by atoms with Crippen LogP contribution in [-0.4, -0.2) is 25.4 Å². The maximum absolute atomic E-state index is 12.1. The Kier molecular flexibility index (Phi) is 3.52. The molecule has 0 bridgehead atoms. The minimum Gasteiger partial charge on any atom is -0.406 e. The largest absolute Gasteiger partial charge is 0.573 e. The van der Waals surface area contributed by atoms with E-state index in [-0.39, 0.29) is 29.5 Å². The van der Waals surface area contributed by atoms with Crippen molar-refractivity contribution in [2.24, 2.45) is 11.8 Å². The molecule has 0 aliphatic carbocycles. The van der Waals surface area contributed by atoms with E-state index < -0.39 is 6.36 Å². The average Bonchev–Trinajstić information content (AvgIpc) is 2.83. The van der Waals surface area contributed by atoms with Crippen molar-refractivity contribution in [1.29, 1.82) is 0 Å². The van der Waals surface area contributed by atoms with Crippen molar-refractivity contribution in [1.82, 2.24) is 10.6 Å². The second-order valence-corrected chi connectivity index (χ2v) is 5.35. The van der Waals surface area contributed by atoms with Crippen molar-refractivity contribution in [2.45, 2.75) is 18.8 Å². The molecular formula is C14H15F3N2O2. The lowest BCUT2D eigenvalue weighted by atomic mass is 9.82. The molecule has 0 spiro atoms. The summed E-state index contributed by atoms with van der Waals surface area (Å²) in [7, 11) is 0. The molecule has 2 N–H and O–H groups in total. The molecule has 2 aliphatic heterocycles. The normalized spacial score (nSPS) is 28.9. The molecule has 2 heterocycles. The van der Waals surface area contributed by atoms with Gasteiger partial charge in [-0.15, -0.1) is 13.2 Å². The first-order chi connectivity index (χ1) is 9.94. The van der Waals surface area contributed by atoms with Gasteiger partial charge in [-0.25, -0.2) is 0 Å². The summed E-state index contributed by atoms with van der Waals surface area (Å²) in [5.74, 6) is -0.0524. The number of fused-ring (bicyclic) bond motifs is 1. The van der Waals surface area contributed by atoms with Crippen molar-refractivity contribution in [2.75, 3.05) is 13.1 Å². The molecule has 0 saturated carbocycles. The van der Waals surface area contributed by atoms with Gasteiger partial charge in [0.2, 0.25) is 5.91 Å². The molecule has 3 atom stereocenters. The van der Waals surface area contributed by atoms with Gasteiger partial charge in [-0.1, -0.05) is 12.1 Å². The van der Waals surface area contributed by atoms with Crippen molar-refractivity contribution in [3.8, 4) is 5.75 Å². The molecule has 2 aliphatic rings. The van der Waals surface area contributed by atoms with E-state index in [0.717, 1.165) is 12.0 Å². The van der Waals surface area contributed by atoms with Crippen LogP contribution in [0, 0.1) is 11.8 Å². The minimum atomic E-state index is -4.68. The summed E-state index contributed by atoms with van der Waals surface area (Å²) in [6.45, 7) is 1.25. The van der Waals surface area contributed by atoms with Gasteiger partial charge in [0, 0.05) is 19.1 Å². The average molecular weight is 300 g/mol. The Balaban J connectivity index is 1.74. The number of benzene rings is 1. The monoisotopic (exact) mass is 300 g/mol. The highest BCUT2D eigenvalue weighted by Crippen LogP contribution is 2.38. The Morgan fingerprint density at radius 2 is 1.90 bits per heavy atom. The fourth-order valence-corrected chi connectivity index (χ4v) is 3.18. The molecule has 7 heteroatoms. The molecular weight excluding hydrogens is 285 g/mol. The zero-order valence-electron chi connectivity index (χ0n) is 11.1. The van der Waals surface area contributed by atoms with Crippen LogP contribution in [0.4, 0.5) is 13.2 Å². The highest BCUT2D eigenvalue weighted by Gasteiger charge is 2.42. The summed E-state index contributed by atoms with van der Waals surface area (Å²) in [4.78, 5) is 11.8. The van der Waals surface area contributed by atoms with E-state index in [1.165, 1.54) is 12.1 Å². The van der Waals surface area contributed by atoms with Crippen LogP contribution in [0.5, 0.6) is 5.75 Å². The van der Waals surface area contributed by atoms with Crippen LogP contribution < -0.4 is 15.4 Å². The summed E-state index contributed by atoms with van der Waals surface area (Å²) >= 11 is 0. The molecule has 3 unspecified atom stereocenters. The van der Waals surface area contributed by atoms with Gasteiger partial charge in [0.05, 0.1) is 5.92 Å². The van der Waals surface area contributed by atoms with Crippen LogP contribution in [0.2, 0.25) is 0 Å². The maximum atomic E-state index is 12.1. The molecule has 21 heavy (non-hydrogen) atoms. The van der Waals surface area contributed by atoms with E-state index in [9.17, 15) is 18.0 Å². The summed E-state index contributed by atoms with van der Waals surface area (Å²) in [5, 5.41) is 6.13. The minimum absolute atomic E-state index is 0.000914. The smallest absolute Gasteiger partial charge is 0.406 e. The SMILES string of the molecule is O=C1NCCC2C1CNC2c1ccc(OC(F)(F)F)cc1. The van der Waals surface area contributed by atoms with Gasteiger partial charge in [0.1, 0.15) is 5.75 Å². The number of nitrogens with one attached hydrogen (secondary N) is 2. The number of carbonyl (C=O) groups excluding carboxylic acids is 1. The number of amides is 1. The van der Waals surface area contributed by atoms with Crippen LogP contribution in [0.25, 0.3) is 0 Å². The van der Waals surface area contributed by atoms with Gasteiger partial charge in [-0.2, -0.15) is 0 Å². The van der Waals surface area contributed by atoms with Gasteiger partial charge in [0.15, 0.2) is 0 Å². The third-order valence-corrected chi connectivity index (χ3v) is 4.09. The molecule has 4 nitrogen and oxygen atoms in total. The van der Waals surface area contributed by atoms with Crippen molar-refractivity contribution in [3.05, 3.63) is 29.8 Å². The maximum Gasteiger partial charge on any atom is 0.573 e. The topological polar surface area (TPSA) is 50.4 Å². The predicted octanol–water partition coefficient (Wildman–Crippen LogP) is 1.98. The molecule has 3 rings (SSSR count). The first kappa shape index (κ1) is 14.2. The van der Waals surface area contributed by atoms with Gasteiger partial charge >= 0.3 is 6.36 Å². The lowest BCUT2D eigenvalue weighted by Gasteiger charge is -2.28. The molecule has 0 aromatic heterocycles. The Labute approximate surface area is 119 Å². The lowest BCUT2D eigenvalue weighted by molar-refractivity contribution is -0.274. The number of carbonyl (C=O) groups is 1. The number of ether oxygens (including phenoxy) is 1. The number of halogens is 3. The zero-order chi connectivity index (χ0) is 15.0. The molecule has 114 valence electrons. The van der Waals surface area contributed by atoms with E-state index in [1.54, 1.807) is 12.1 Å². The van der Waals surface area contributed by atoms with Gasteiger partial charge in [0.25, 0.3) is 0 Å². The summed E-state index contributed by atoms with van der Waals surface area (Å²) in [6, 6.07) is 5.85. The second kappa shape index (κ2) is 5.22. The predicted molar refractivity (Wildman–Crippen MR) is 68.5 cm³/mol. The number of hydrogen-bond donors (Lipinski definition) is 2. The Bertz CT molecular complexity index is 530. The first-order valence-corrected chi connectivity index (χ1v) is 6.81. The van der Waals surface area contributed by atoms with Gasteiger partial charge < -0.3 is 15.4 Å². The van der Waals surface area contributed by atoms with E-state index in [2.05, 4.69) is 15.4 Å². The van der Waals surface area contributed by atoms with E-state index in [0.29, 0.717) is 13.1 Å². The van der Waals surface area contributed by atoms with E-state index >= 15 is 0 Å². The zero-order valence-corrected chi connectivity index (χ0v) is 11.1. The highest BCUT2D eigenvalue weighted by molar-refractivity contribution is 5.80. The van der Waals surface area contributed by atoms with Gasteiger partial charge in [-0.05, 0) is 30.0 Å². The summed E-state index contributed by atoms with van der Waals surface area (Å²) < 4.78 is 40.2. The van der Waals surface area contributed by atoms with Crippen LogP contribution in [-0.2, 0) is 4.79 Å². The molecule has 2 fully saturated rings. The third kappa shape index (κ3) is 2.97. The molecule has 2 saturated heterocycles. The summed E-state index contributed by atoms with van der Waals surface area (Å²) in [5.41, 5.74) is 0.881. The third-order valence-electron chi connectivity index (χ3n) is 4.09. The lowest BCUT2D eigenvalue weighted by Crippen LogP contribution is -2.41. The fraction of sp³-hybridized carbons (Fsp3) is 0.500. The molecule has 1 aromatic rings. The first-order valence-electron chi connectivity index (χ1n) is 6.81. The Hall–Kier alpha value is -1.76. The fourth-order valence-electron chi connectivity index (χ4n) is 3.18. The van der Waals surface area contributed by atoms with Crippen molar-refractivity contribution >= 4 is 5.91 Å². The Morgan fingerprint density at radius 1 is 1.19 bits per heavy atom. The van der Waals surface area contributed by atoms with Crippen LogP contribution in [0.1, 0.15) is 18.0 Å². The van der Waals surface area contributed by atoms with Crippen molar-refractivity contribution < 1.29 is 22.7 Å². The molecule has 0 radical (unpaired) electrons. The number of rotatable bonds is 2. The van der Waals surface area contributed by atoms with E-state index in [4.69, 9.17) is 0 Å². The number of piperidine rings is 1.